The van der Waals surface area contributed by atoms with E-state index in [-0.39, 0.29) is 17.5 Å². The van der Waals surface area contributed by atoms with Crippen molar-refractivity contribution in [1.29, 1.82) is 0 Å². The number of aromatic nitrogens is 1. The predicted octanol–water partition coefficient (Wildman–Crippen LogP) is 3.50. The molecule has 1 heterocycles. The third-order valence-corrected chi connectivity index (χ3v) is 3.74. The van der Waals surface area contributed by atoms with Crippen LogP contribution in [0.1, 0.15) is 46.4 Å². The minimum absolute atomic E-state index is 0.0319. The monoisotopic (exact) mass is 255 g/mol. The number of carbonyl (C=O) groups excluding carboxylic acids is 1. The summed E-state index contributed by atoms with van der Waals surface area (Å²) in [6, 6.07) is 8.53. The molecule has 1 atom stereocenters. The number of Topliss-reactive ketones (excluding diaryl/α,β-unsaturated/α-hetero) is 1. The Labute approximate surface area is 111 Å². The lowest BCUT2D eigenvalue weighted by Gasteiger charge is -2.13. The van der Waals surface area contributed by atoms with Crippen LogP contribution < -0.4 is 0 Å². The average molecular weight is 255 g/mol. The third kappa shape index (κ3) is 2.05. The molecule has 3 heteroatoms. The summed E-state index contributed by atoms with van der Waals surface area (Å²) in [5, 5.41) is 0. The molecule has 1 unspecified atom stereocenters. The van der Waals surface area contributed by atoms with Gasteiger partial charge in [-0.2, -0.15) is 0 Å². The van der Waals surface area contributed by atoms with Crippen molar-refractivity contribution in [2.75, 3.05) is 0 Å². The highest BCUT2D eigenvalue weighted by atomic mass is 19.1. The lowest BCUT2D eigenvalue weighted by molar-refractivity contribution is 0.101. The van der Waals surface area contributed by atoms with Crippen LogP contribution >= 0.6 is 0 Å². The number of fused-ring (bicyclic) bond motifs is 1. The normalized spacial score (nSPS) is 17.3. The van der Waals surface area contributed by atoms with Gasteiger partial charge in [0.15, 0.2) is 5.78 Å². The average Bonchev–Trinajstić information content (AvgIpc) is 2.83. The summed E-state index contributed by atoms with van der Waals surface area (Å²) in [6.07, 6.45) is 3.51. The largest absolute Gasteiger partial charge is 0.295 e. The van der Waals surface area contributed by atoms with Gasteiger partial charge in [0.05, 0.1) is 5.69 Å². The second-order valence-corrected chi connectivity index (χ2v) is 4.93. The molecule has 0 saturated heterocycles. The molecule has 1 aromatic heterocycles. The number of hydrogen-bond donors (Lipinski definition) is 0. The Morgan fingerprint density at radius 3 is 3.00 bits per heavy atom. The number of ketones is 1. The number of halogens is 1. The molecule has 0 aliphatic heterocycles. The van der Waals surface area contributed by atoms with E-state index in [2.05, 4.69) is 4.98 Å². The van der Waals surface area contributed by atoms with E-state index in [0.717, 1.165) is 18.5 Å². The first-order valence-corrected chi connectivity index (χ1v) is 6.41. The molecular formula is C16H14FNO. The minimum Gasteiger partial charge on any atom is -0.295 e. The first kappa shape index (κ1) is 12.0. The standard InChI is InChI=1S/C16H14FNO/c1-10(19)12-5-7-15(17)14(9-12)13-6-4-11-3-2-8-18-16(11)13/h2-3,5,7-9,13H,4,6H2,1H3. The molecule has 19 heavy (non-hydrogen) atoms. The second kappa shape index (κ2) is 4.57. The van der Waals surface area contributed by atoms with Crippen LogP contribution in [-0.4, -0.2) is 10.8 Å². The first-order valence-electron chi connectivity index (χ1n) is 6.41. The molecular weight excluding hydrogens is 241 g/mol. The zero-order chi connectivity index (χ0) is 13.4. The van der Waals surface area contributed by atoms with Crippen LogP contribution in [0, 0.1) is 5.82 Å². The van der Waals surface area contributed by atoms with Crippen LogP contribution in [-0.2, 0) is 6.42 Å². The summed E-state index contributed by atoms with van der Waals surface area (Å²) < 4.78 is 14.0. The van der Waals surface area contributed by atoms with Crippen molar-refractivity contribution in [2.24, 2.45) is 0 Å². The van der Waals surface area contributed by atoms with Gasteiger partial charge in [-0.05, 0) is 55.2 Å². The van der Waals surface area contributed by atoms with Gasteiger partial charge in [0.25, 0.3) is 0 Å². The summed E-state index contributed by atoms with van der Waals surface area (Å²) in [5.74, 6) is -0.329. The number of nitrogens with zero attached hydrogens (tertiary/aromatic N) is 1. The number of carbonyl (C=O) groups is 1. The zero-order valence-electron chi connectivity index (χ0n) is 10.7. The van der Waals surface area contributed by atoms with Crippen molar-refractivity contribution < 1.29 is 9.18 Å². The van der Waals surface area contributed by atoms with Crippen molar-refractivity contribution >= 4 is 5.78 Å². The fraction of sp³-hybridized carbons (Fsp3) is 0.250. The Morgan fingerprint density at radius 1 is 1.37 bits per heavy atom. The number of pyridine rings is 1. The van der Waals surface area contributed by atoms with E-state index in [1.54, 1.807) is 12.3 Å². The van der Waals surface area contributed by atoms with Gasteiger partial charge in [-0.15, -0.1) is 0 Å². The Hall–Kier alpha value is -2.03. The van der Waals surface area contributed by atoms with Crippen LogP contribution in [0.4, 0.5) is 4.39 Å². The first-order chi connectivity index (χ1) is 9.16. The van der Waals surface area contributed by atoms with Crippen LogP contribution in [0.5, 0.6) is 0 Å². The van der Waals surface area contributed by atoms with E-state index in [9.17, 15) is 9.18 Å². The summed E-state index contributed by atoms with van der Waals surface area (Å²) >= 11 is 0. The quantitative estimate of drug-likeness (QED) is 0.769. The maximum Gasteiger partial charge on any atom is 0.159 e. The molecule has 0 fully saturated rings. The molecule has 0 bridgehead atoms. The number of aryl methyl sites for hydroxylation is 1. The Bertz CT molecular complexity index is 651. The van der Waals surface area contributed by atoms with Crippen molar-refractivity contribution in [3.05, 3.63) is 64.7 Å². The van der Waals surface area contributed by atoms with E-state index >= 15 is 0 Å². The molecule has 0 spiro atoms. The van der Waals surface area contributed by atoms with Gasteiger partial charge in [-0.3, -0.25) is 9.78 Å². The zero-order valence-corrected chi connectivity index (χ0v) is 10.7. The minimum atomic E-state index is -0.256. The van der Waals surface area contributed by atoms with Gasteiger partial charge in [0.1, 0.15) is 5.82 Å². The number of hydrogen-bond acceptors (Lipinski definition) is 2. The SMILES string of the molecule is CC(=O)c1ccc(F)c(C2CCc3cccnc32)c1. The third-order valence-electron chi connectivity index (χ3n) is 3.74. The Balaban J connectivity index is 2.09. The molecule has 1 aliphatic rings. The Morgan fingerprint density at radius 2 is 2.21 bits per heavy atom. The van der Waals surface area contributed by atoms with Crippen LogP contribution in [0.15, 0.2) is 36.5 Å². The van der Waals surface area contributed by atoms with Gasteiger partial charge < -0.3 is 0 Å². The van der Waals surface area contributed by atoms with E-state index in [0.29, 0.717) is 11.1 Å². The highest BCUT2D eigenvalue weighted by Crippen LogP contribution is 2.37. The predicted molar refractivity (Wildman–Crippen MR) is 70.8 cm³/mol. The molecule has 0 N–H and O–H groups in total. The molecule has 1 aliphatic carbocycles. The smallest absolute Gasteiger partial charge is 0.159 e. The lowest BCUT2D eigenvalue weighted by Crippen LogP contribution is -2.04. The molecule has 0 radical (unpaired) electrons. The van der Waals surface area contributed by atoms with Gasteiger partial charge in [-0.25, -0.2) is 4.39 Å². The van der Waals surface area contributed by atoms with E-state index in [4.69, 9.17) is 0 Å². The van der Waals surface area contributed by atoms with Crippen LogP contribution in [0.25, 0.3) is 0 Å². The van der Waals surface area contributed by atoms with Crippen LogP contribution in [0.2, 0.25) is 0 Å². The molecule has 0 saturated carbocycles. The van der Waals surface area contributed by atoms with Crippen molar-refractivity contribution in [2.45, 2.75) is 25.7 Å². The van der Waals surface area contributed by atoms with Gasteiger partial charge >= 0.3 is 0 Å². The maximum atomic E-state index is 14.0. The van der Waals surface area contributed by atoms with Crippen LogP contribution in [0.3, 0.4) is 0 Å². The molecule has 2 nitrogen and oxygen atoms in total. The molecule has 0 amide bonds. The number of rotatable bonds is 2. The lowest BCUT2D eigenvalue weighted by atomic mass is 9.93. The highest BCUT2D eigenvalue weighted by molar-refractivity contribution is 5.94. The molecule has 1 aromatic carbocycles. The van der Waals surface area contributed by atoms with E-state index < -0.39 is 0 Å². The van der Waals surface area contributed by atoms with E-state index in [1.807, 2.05) is 12.1 Å². The summed E-state index contributed by atoms with van der Waals surface area (Å²) in [4.78, 5) is 15.8. The second-order valence-electron chi connectivity index (χ2n) is 4.93. The van der Waals surface area contributed by atoms with Gasteiger partial charge in [0, 0.05) is 17.7 Å². The topological polar surface area (TPSA) is 30.0 Å². The molecule has 2 aromatic rings. The summed E-state index contributed by atoms with van der Waals surface area (Å²) in [7, 11) is 0. The van der Waals surface area contributed by atoms with E-state index in [1.165, 1.54) is 24.6 Å². The molecule has 96 valence electrons. The van der Waals surface area contributed by atoms with Crippen molar-refractivity contribution in [3.63, 3.8) is 0 Å². The van der Waals surface area contributed by atoms with Gasteiger partial charge in [0.2, 0.25) is 0 Å². The van der Waals surface area contributed by atoms with Crippen molar-refractivity contribution in [1.82, 2.24) is 4.98 Å². The summed E-state index contributed by atoms with van der Waals surface area (Å²) in [5.41, 5.74) is 3.27. The van der Waals surface area contributed by atoms with Gasteiger partial charge in [-0.1, -0.05) is 6.07 Å². The highest BCUT2D eigenvalue weighted by Gasteiger charge is 2.27. The number of benzene rings is 1. The Kier molecular flexibility index (Phi) is 2.90. The van der Waals surface area contributed by atoms with Crippen molar-refractivity contribution in [3.8, 4) is 0 Å². The summed E-state index contributed by atoms with van der Waals surface area (Å²) in [6.45, 7) is 1.50. The maximum absolute atomic E-state index is 14.0. The fourth-order valence-corrected chi connectivity index (χ4v) is 2.75. The fourth-order valence-electron chi connectivity index (χ4n) is 2.75. The molecule has 3 rings (SSSR count).